The molecule has 1 unspecified atom stereocenters. The quantitative estimate of drug-likeness (QED) is 0.386. The van der Waals surface area contributed by atoms with Crippen LogP contribution in [0.2, 0.25) is 0 Å². The topological polar surface area (TPSA) is 75.2 Å². The van der Waals surface area contributed by atoms with E-state index in [9.17, 15) is 4.79 Å². The van der Waals surface area contributed by atoms with E-state index in [1.54, 1.807) is 4.90 Å². The third-order valence-electron chi connectivity index (χ3n) is 4.72. The minimum absolute atomic E-state index is 0.224. The molecule has 0 saturated carbocycles. The smallest absolute Gasteiger partial charge is 0.222 e. The van der Waals surface area contributed by atoms with Crippen LogP contribution in [0.3, 0.4) is 0 Å². The monoisotopic (exact) mass is 354 g/mol. The molecule has 2 N–H and O–H groups in total. The van der Waals surface area contributed by atoms with E-state index < -0.39 is 0 Å². The molecule has 2 fully saturated rings. The molecule has 2 aliphatic heterocycles. The van der Waals surface area contributed by atoms with E-state index in [1.807, 2.05) is 7.05 Å². The SMILES string of the molecule is CCNC(=NCCCOCC1CCOCC1)NC1CCC(=O)N(C)C1. The summed E-state index contributed by atoms with van der Waals surface area (Å²) in [7, 11) is 1.86. The second-order valence-electron chi connectivity index (χ2n) is 6.90. The van der Waals surface area contributed by atoms with Gasteiger partial charge in [-0.15, -0.1) is 0 Å². The lowest BCUT2D eigenvalue weighted by Crippen LogP contribution is -2.51. The Morgan fingerprint density at radius 1 is 1.36 bits per heavy atom. The van der Waals surface area contributed by atoms with Crippen LogP contribution in [0.1, 0.15) is 39.0 Å². The van der Waals surface area contributed by atoms with Crippen molar-refractivity contribution in [2.24, 2.45) is 10.9 Å². The van der Waals surface area contributed by atoms with E-state index in [2.05, 4.69) is 22.5 Å². The predicted octanol–water partition coefficient (Wildman–Crippen LogP) is 0.996. The number of likely N-dealkylation sites (tertiary alicyclic amines) is 1. The number of aliphatic imine (C=N–C) groups is 1. The molecule has 1 atom stereocenters. The minimum atomic E-state index is 0.224. The molecule has 0 spiro atoms. The Kier molecular flexibility index (Phi) is 9.04. The van der Waals surface area contributed by atoms with E-state index >= 15 is 0 Å². The van der Waals surface area contributed by atoms with Gasteiger partial charge in [-0.3, -0.25) is 9.79 Å². The molecule has 1 amide bonds. The van der Waals surface area contributed by atoms with Gasteiger partial charge in [0.1, 0.15) is 0 Å². The first-order chi connectivity index (χ1) is 12.2. The summed E-state index contributed by atoms with van der Waals surface area (Å²) in [5.74, 6) is 1.71. The number of rotatable bonds is 8. The van der Waals surface area contributed by atoms with Gasteiger partial charge in [-0.1, -0.05) is 0 Å². The van der Waals surface area contributed by atoms with E-state index in [4.69, 9.17) is 9.47 Å². The first-order valence-corrected chi connectivity index (χ1v) is 9.63. The number of piperidine rings is 1. The zero-order valence-electron chi connectivity index (χ0n) is 15.8. The van der Waals surface area contributed by atoms with Crippen LogP contribution in [0.25, 0.3) is 0 Å². The molecule has 0 aromatic heterocycles. The van der Waals surface area contributed by atoms with Gasteiger partial charge in [-0.05, 0) is 38.5 Å². The fourth-order valence-corrected chi connectivity index (χ4v) is 3.16. The Labute approximate surface area is 151 Å². The summed E-state index contributed by atoms with van der Waals surface area (Å²) in [4.78, 5) is 18.0. The third kappa shape index (κ3) is 7.61. The summed E-state index contributed by atoms with van der Waals surface area (Å²) >= 11 is 0. The minimum Gasteiger partial charge on any atom is -0.381 e. The van der Waals surface area contributed by atoms with Crippen molar-refractivity contribution in [2.75, 3.05) is 53.1 Å². The molecular formula is C18H34N4O3. The number of amides is 1. The molecule has 2 saturated heterocycles. The number of hydrogen-bond acceptors (Lipinski definition) is 4. The third-order valence-corrected chi connectivity index (χ3v) is 4.72. The van der Waals surface area contributed by atoms with Crippen molar-refractivity contribution in [1.82, 2.24) is 15.5 Å². The van der Waals surface area contributed by atoms with Gasteiger partial charge in [0, 0.05) is 65.6 Å². The molecule has 144 valence electrons. The average Bonchev–Trinajstić information content (AvgIpc) is 2.62. The number of carbonyl (C=O) groups excluding carboxylic acids is 1. The van der Waals surface area contributed by atoms with Gasteiger partial charge in [0.05, 0.1) is 0 Å². The van der Waals surface area contributed by atoms with Gasteiger partial charge in [0.2, 0.25) is 5.91 Å². The molecule has 7 nitrogen and oxygen atoms in total. The van der Waals surface area contributed by atoms with Crippen molar-refractivity contribution >= 4 is 11.9 Å². The lowest BCUT2D eigenvalue weighted by atomic mass is 10.0. The molecule has 0 aliphatic carbocycles. The zero-order valence-corrected chi connectivity index (χ0v) is 15.8. The summed E-state index contributed by atoms with van der Waals surface area (Å²) in [5.41, 5.74) is 0. The van der Waals surface area contributed by atoms with Crippen molar-refractivity contribution in [1.29, 1.82) is 0 Å². The Bertz CT molecular complexity index is 425. The van der Waals surface area contributed by atoms with E-state index in [0.717, 1.165) is 77.7 Å². The van der Waals surface area contributed by atoms with Crippen LogP contribution in [0.5, 0.6) is 0 Å². The lowest BCUT2D eigenvalue weighted by Gasteiger charge is -2.31. The number of nitrogens with one attached hydrogen (secondary N) is 2. The molecule has 2 aliphatic rings. The molecule has 7 heteroatoms. The predicted molar refractivity (Wildman–Crippen MR) is 98.8 cm³/mol. The van der Waals surface area contributed by atoms with Crippen molar-refractivity contribution in [3.63, 3.8) is 0 Å². The number of hydrogen-bond donors (Lipinski definition) is 2. The van der Waals surface area contributed by atoms with Crippen LogP contribution in [0.15, 0.2) is 4.99 Å². The molecule has 2 rings (SSSR count). The number of carbonyl (C=O) groups is 1. The number of nitrogens with zero attached hydrogens (tertiary/aromatic N) is 2. The summed E-state index contributed by atoms with van der Waals surface area (Å²) in [5, 5.41) is 6.72. The Morgan fingerprint density at radius 2 is 2.16 bits per heavy atom. The lowest BCUT2D eigenvalue weighted by molar-refractivity contribution is -0.132. The summed E-state index contributed by atoms with van der Waals surface area (Å²) in [6, 6.07) is 0.269. The van der Waals surface area contributed by atoms with Gasteiger partial charge in [0.25, 0.3) is 0 Å². The summed E-state index contributed by atoms with van der Waals surface area (Å²) < 4.78 is 11.1. The molecule has 0 aromatic carbocycles. The maximum Gasteiger partial charge on any atom is 0.222 e. The van der Waals surface area contributed by atoms with Crippen LogP contribution in [-0.2, 0) is 14.3 Å². The summed E-state index contributed by atoms with van der Waals surface area (Å²) in [6.07, 6.45) is 4.62. The fraction of sp³-hybridized carbons (Fsp3) is 0.889. The van der Waals surface area contributed by atoms with Crippen molar-refractivity contribution in [3.8, 4) is 0 Å². The number of likely N-dealkylation sites (N-methyl/N-ethyl adjacent to an activating group) is 1. The second kappa shape index (κ2) is 11.3. The number of ether oxygens (including phenoxy) is 2. The number of guanidine groups is 1. The standard InChI is InChI=1S/C18H34N4O3/c1-3-19-18(21-16-5-6-17(23)22(2)13-16)20-9-4-10-25-14-15-7-11-24-12-8-15/h15-16H,3-14H2,1-2H3,(H2,19,20,21). The molecule has 0 aromatic rings. The molecule has 0 bridgehead atoms. The van der Waals surface area contributed by atoms with Gasteiger partial charge >= 0.3 is 0 Å². The highest BCUT2D eigenvalue weighted by Gasteiger charge is 2.23. The molecule has 25 heavy (non-hydrogen) atoms. The Morgan fingerprint density at radius 3 is 2.88 bits per heavy atom. The van der Waals surface area contributed by atoms with Gasteiger partial charge < -0.3 is 25.0 Å². The van der Waals surface area contributed by atoms with Crippen molar-refractivity contribution in [3.05, 3.63) is 0 Å². The van der Waals surface area contributed by atoms with Crippen molar-refractivity contribution < 1.29 is 14.3 Å². The summed E-state index contributed by atoms with van der Waals surface area (Å²) in [6.45, 7) is 7.70. The largest absolute Gasteiger partial charge is 0.381 e. The highest BCUT2D eigenvalue weighted by atomic mass is 16.5. The van der Waals surface area contributed by atoms with Crippen LogP contribution in [0.4, 0.5) is 0 Å². The van der Waals surface area contributed by atoms with E-state index in [-0.39, 0.29) is 11.9 Å². The molecule has 2 heterocycles. The van der Waals surface area contributed by atoms with Crippen LogP contribution in [-0.4, -0.2) is 75.9 Å². The fourth-order valence-electron chi connectivity index (χ4n) is 3.16. The van der Waals surface area contributed by atoms with E-state index in [0.29, 0.717) is 12.3 Å². The first kappa shape index (κ1) is 20.0. The molecular weight excluding hydrogens is 320 g/mol. The zero-order chi connectivity index (χ0) is 17.9. The van der Waals surface area contributed by atoms with Crippen LogP contribution in [0, 0.1) is 5.92 Å². The second-order valence-corrected chi connectivity index (χ2v) is 6.90. The maximum absolute atomic E-state index is 11.6. The van der Waals surface area contributed by atoms with E-state index in [1.165, 1.54) is 0 Å². The van der Waals surface area contributed by atoms with Gasteiger partial charge in [-0.2, -0.15) is 0 Å². The van der Waals surface area contributed by atoms with Gasteiger partial charge in [0.15, 0.2) is 5.96 Å². The van der Waals surface area contributed by atoms with Crippen LogP contribution >= 0.6 is 0 Å². The maximum atomic E-state index is 11.6. The Hall–Kier alpha value is -1.34. The normalized spacial score (nSPS) is 23.0. The van der Waals surface area contributed by atoms with Gasteiger partial charge in [-0.25, -0.2) is 0 Å². The Balaban J connectivity index is 1.62. The first-order valence-electron chi connectivity index (χ1n) is 9.63. The highest BCUT2D eigenvalue weighted by Crippen LogP contribution is 2.14. The average molecular weight is 354 g/mol. The van der Waals surface area contributed by atoms with Crippen molar-refractivity contribution in [2.45, 2.75) is 45.1 Å². The molecule has 0 radical (unpaired) electrons. The van der Waals surface area contributed by atoms with Crippen LogP contribution < -0.4 is 10.6 Å². The highest BCUT2D eigenvalue weighted by molar-refractivity contribution is 5.81.